The number of hydrogen-bond acceptors (Lipinski definition) is 3. The summed E-state index contributed by atoms with van der Waals surface area (Å²) in [6, 6.07) is 0. The Balaban J connectivity index is 2.84. The van der Waals surface area contributed by atoms with Gasteiger partial charge >= 0.3 is 0 Å². The normalized spacial score (nSPS) is 11.1. The third-order valence-electron chi connectivity index (χ3n) is 2.16. The van der Waals surface area contributed by atoms with Crippen molar-refractivity contribution in [2.75, 3.05) is 13.7 Å². The average molecular weight is 245 g/mol. The smallest absolute Gasteiger partial charge is 0.182 e. The van der Waals surface area contributed by atoms with Crippen LogP contribution in [0.5, 0.6) is 0 Å². The number of ketones is 1. The lowest BCUT2D eigenvalue weighted by molar-refractivity contribution is 0.0954. The van der Waals surface area contributed by atoms with E-state index in [0.29, 0.717) is 36.2 Å². The fraction of sp³-hybridized carbons (Fsp3) is 0.636. The molecule has 90 valence electrons. The molecule has 5 heteroatoms. The Bertz CT molecular complexity index is 361. The second-order valence-electron chi connectivity index (χ2n) is 4.08. The van der Waals surface area contributed by atoms with Gasteiger partial charge in [-0.3, -0.25) is 9.48 Å². The van der Waals surface area contributed by atoms with E-state index >= 15 is 0 Å². The molecule has 0 saturated carbocycles. The average Bonchev–Trinajstić information content (AvgIpc) is 2.55. The maximum absolute atomic E-state index is 11.9. The van der Waals surface area contributed by atoms with Gasteiger partial charge in [0.05, 0.1) is 24.4 Å². The van der Waals surface area contributed by atoms with E-state index in [-0.39, 0.29) is 5.78 Å². The molecule has 0 spiro atoms. The highest BCUT2D eigenvalue weighted by Gasteiger charge is 2.18. The minimum absolute atomic E-state index is 0.0357. The summed E-state index contributed by atoms with van der Waals surface area (Å²) in [7, 11) is 1.61. The summed E-state index contributed by atoms with van der Waals surface area (Å²) in [5, 5.41) is 4.48. The van der Waals surface area contributed by atoms with Crippen molar-refractivity contribution >= 4 is 17.4 Å². The number of methoxy groups -OCH3 is 1. The van der Waals surface area contributed by atoms with Crippen LogP contribution < -0.4 is 0 Å². The van der Waals surface area contributed by atoms with Gasteiger partial charge in [0.1, 0.15) is 5.69 Å². The quantitative estimate of drug-likeness (QED) is 0.722. The molecule has 0 aliphatic carbocycles. The van der Waals surface area contributed by atoms with Crippen LogP contribution >= 0.6 is 11.6 Å². The van der Waals surface area contributed by atoms with Crippen LogP contribution in [0.3, 0.4) is 0 Å². The van der Waals surface area contributed by atoms with Gasteiger partial charge in [-0.05, 0) is 5.92 Å². The lowest BCUT2D eigenvalue weighted by atomic mass is 10.1. The fourth-order valence-corrected chi connectivity index (χ4v) is 1.70. The van der Waals surface area contributed by atoms with Crippen molar-refractivity contribution in [3.63, 3.8) is 0 Å². The van der Waals surface area contributed by atoms with Crippen LogP contribution in [-0.2, 0) is 11.3 Å². The first-order valence-corrected chi connectivity index (χ1v) is 5.67. The Hall–Kier alpha value is -0.870. The van der Waals surface area contributed by atoms with Crippen LogP contribution in [-0.4, -0.2) is 29.3 Å². The van der Waals surface area contributed by atoms with Gasteiger partial charge in [0, 0.05) is 13.5 Å². The summed E-state index contributed by atoms with van der Waals surface area (Å²) in [6.45, 7) is 5.06. The van der Waals surface area contributed by atoms with Crippen molar-refractivity contribution < 1.29 is 9.53 Å². The number of carbonyl (C=O) groups excluding carboxylic acids is 1. The van der Waals surface area contributed by atoms with Crippen molar-refractivity contribution in [2.24, 2.45) is 5.92 Å². The number of ether oxygens (including phenoxy) is 1. The topological polar surface area (TPSA) is 44.1 Å². The molecule has 0 radical (unpaired) electrons. The molecule has 1 aromatic rings. The lowest BCUT2D eigenvalue weighted by Gasteiger charge is -2.08. The Morgan fingerprint density at radius 2 is 2.31 bits per heavy atom. The highest BCUT2D eigenvalue weighted by Crippen LogP contribution is 2.18. The maximum atomic E-state index is 11.9. The van der Waals surface area contributed by atoms with Crippen molar-refractivity contribution in [3.8, 4) is 0 Å². The number of halogens is 1. The Morgan fingerprint density at radius 3 is 2.88 bits per heavy atom. The predicted octanol–water partition coefficient (Wildman–Crippen LogP) is 2.41. The van der Waals surface area contributed by atoms with Crippen molar-refractivity contribution in [2.45, 2.75) is 26.8 Å². The molecule has 16 heavy (non-hydrogen) atoms. The third-order valence-corrected chi connectivity index (χ3v) is 2.44. The molecule has 0 bridgehead atoms. The monoisotopic (exact) mass is 244 g/mol. The van der Waals surface area contributed by atoms with Crippen molar-refractivity contribution in [3.05, 3.63) is 16.9 Å². The molecule has 0 saturated heterocycles. The zero-order chi connectivity index (χ0) is 12.1. The summed E-state index contributed by atoms with van der Waals surface area (Å²) in [4.78, 5) is 11.9. The van der Waals surface area contributed by atoms with E-state index < -0.39 is 0 Å². The second kappa shape index (κ2) is 6.01. The van der Waals surface area contributed by atoms with E-state index in [4.69, 9.17) is 16.3 Å². The van der Waals surface area contributed by atoms with Gasteiger partial charge in [0.15, 0.2) is 5.78 Å². The molecule has 0 amide bonds. The number of nitrogens with zero attached hydrogens (tertiary/aromatic N) is 2. The molecular weight excluding hydrogens is 228 g/mol. The molecule has 4 nitrogen and oxygen atoms in total. The van der Waals surface area contributed by atoms with Crippen LogP contribution in [0.25, 0.3) is 0 Å². The number of carbonyl (C=O) groups is 1. The highest BCUT2D eigenvalue weighted by molar-refractivity contribution is 6.33. The van der Waals surface area contributed by atoms with E-state index in [2.05, 4.69) is 5.10 Å². The lowest BCUT2D eigenvalue weighted by Crippen LogP contribution is -2.15. The van der Waals surface area contributed by atoms with Crippen LogP contribution in [0, 0.1) is 5.92 Å². The van der Waals surface area contributed by atoms with E-state index in [1.807, 2.05) is 13.8 Å². The van der Waals surface area contributed by atoms with Crippen molar-refractivity contribution in [1.82, 2.24) is 9.78 Å². The molecule has 0 atom stereocenters. The molecule has 0 N–H and O–H groups in total. The van der Waals surface area contributed by atoms with Crippen LogP contribution in [0.2, 0.25) is 5.02 Å². The van der Waals surface area contributed by atoms with E-state index in [0.717, 1.165) is 0 Å². The first-order valence-electron chi connectivity index (χ1n) is 5.29. The molecule has 0 aromatic carbocycles. The SMILES string of the molecule is COCCn1ncc(Cl)c1C(=O)CC(C)C. The highest BCUT2D eigenvalue weighted by atomic mass is 35.5. The van der Waals surface area contributed by atoms with Crippen LogP contribution in [0.15, 0.2) is 6.20 Å². The molecule has 0 fully saturated rings. The summed E-state index contributed by atoms with van der Waals surface area (Å²) in [6.07, 6.45) is 1.99. The number of aromatic nitrogens is 2. The minimum atomic E-state index is 0.0357. The standard InChI is InChI=1S/C11H17ClN2O2/c1-8(2)6-10(15)11-9(12)7-13-14(11)4-5-16-3/h7-8H,4-6H2,1-3H3. The Kier molecular flexibility index (Phi) is 4.96. The number of Topliss-reactive ketones (excluding diaryl/α,β-unsaturated/α-hetero) is 1. The van der Waals surface area contributed by atoms with Crippen LogP contribution in [0.1, 0.15) is 30.8 Å². The molecule has 0 aliphatic rings. The molecule has 1 rings (SSSR count). The largest absolute Gasteiger partial charge is 0.383 e. The summed E-state index contributed by atoms with van der Waals surface area (Å²) in [5.74, 6) is 0.350. The molecule has 0 aliphatic heterocycles. The maximum Gasteiger partial charge on any atom is 0.182 e. The summed E-state index contributed by atoms with van der Waals surface area (Å²) in [5.41, 5.74) is 0.493. The predicted molar refractivity (Wildman–Crippen MR) is 62.9 cm³/mol. The molecule has 1 heterocycles. The summed E-state index contributed by atoms with van der Waals surface area (Å²) < 4.78 is 6.56. The Labute approximate surface area is 101 Å². The van der Waals surface area contributed by atoms with E-state index in [9.17, 15) is 4.79 Å². The minimum Gasteiger partial charge on any atom is -0.383 e. The van der Waals surface area contributed by atoms with Gasteiger partial charge in [-0.1, -0.05) is 25.4 Å². The summed E-state index contributed by atoms with van der Waals surface area (Å²) >= 11 is 5.96. The van der Waals surface area contributed by atoms with E-state index in [1.54, 1.807) is 11.8 Å². The first-order chi connectivity index (χ1) is 7.56. The third kappa shape index (κ3) is 3.32. The van der Waals surface area contributed by atoms with Gasteiger partial charge in [0.2, 0.25) is 0 Å². The van der Waals surface area contributed by atoms with Crippen molar-refractivity contribution in [1.29, 1.82) is 0 Å². The molecular formula is C11H17ClN2O2. The Morgan fingerprint density at radius 1 is 1.62 bits per heavy atom. The van der Waals surface area contributed by atoms with Gasteiger partial charge < -0.3 is 4.74 Å². The van der Waals surface area contributed by atoms with Gasteiger partial charge in [-0.15, -0.1) is 0 Å². The van der Waals surface area contributed by atoms with E-state index in [1.165, 1.54) is 6.20 Å². The van der Waals surface area contributed by atoms with Gasteiger partial charge in [-0.2, -0.15) is 5.10 Å². The molecule has 1 aromatic heterocycles. The first kappa shape index (κ1) is 13.2. The fourth-order valence-electron chi connectivity index (χ4n) is 1.45. The molecule has 0 unspecified atom stereocenters. The zero-order valence-corrected chi connectivity index (χ0v) is 10.6. The second-order valence-corrected chi connectivity index (χ2v) is 4.49. The van der Waals surface area contributed by atoms with Gasteiger partial charge in [0.25, 0.3) is 0 Å². The zero-order valence-electron chi connectivity index (χ0n) is 9.86. The number of rotatable bonds is 6. The van der Waals surface area contributed by atoms with Gasteiger partial charge in [-0.25, -0.2) is 0 Å². The number of hydrogen-bond donors (Lipinski definition) is 0. The van der Waals surface area contributed by atoms with Crippen LogP contribution in [0.4, 0.5) is 0 Å².